The van der Waals surface area contributed by atoms with Gasteiger partial charge in [0, 0.05) is 11.6 Å². The number of rotatable bonds is 4. The number of benzene rings is 1. The van der Waals surface area contributed by atoms with Gasteiger partial charge in [0.1, 0.15) is 16.4 Å². The van der Waals surface area contributed by atoms with Crippen molar-refractivity contribution in [3.05, 3.63) is 39.8 Å². The van der Waals surface area contributed by atoms with Crippen LogP contribution in [-0.4, -0.2) is 55.6 Å². The van der Waals surface area contributed by atoms with Crippen LogP contribution in [0.5, 0.6) is 0 Å². The Morgan fingerprint density at radius 1 is 1.32 bits per heavy atom. The Balaban J connectivity index is 1.79. The van der Waals surface area contributed by atoms with Gasteiger partial charge in [0.15, 0.2) is 0 Å². The molecule has 3 rings (SSSR count). The standard InChI is InChI=1S/C19H19ClN2O4S2/c1-11(16(23)21-9-3-2-4-14(21)18(25)26)22-17(24)15(28-19(22)27)10-12-5-7-13(20)8-6-12/h5-8,10-11,14H,2-4,9H2,1H3,(H,25,26). The summed E-state index contributed by atoms with van der Waals surface area (Å²) < 4.78 is 0.287. The largest absolute Gasteiger partial charge is 0.480 e. The molecule has 1 N–H and O–H groups in total. The van der Waals surface area contributed by atoms with Gasteiger partial charge >= 0.3 is 5.97 Å². The van der Waals surface area contributed by atoms with E-state index in [0.717, 1.165) is 30.2 Å². The van der Waals surface area contributed by atoms with Gasteiger partial charge in [-0.05, 0) is 50.0 Å². The first-order chi connectivity index (χ1) is 13.3. The SMILES string of the molecule is CC(C(=O)N1CCCCC1C(=O)O)N1C(=O)C(=Cc2ccc(Cl)cc2)SC1=S. The smallest absolute Gasteiger partial charge is 0.326 e. The van der Waals surface area contributed by atoms with Crippen LogP contribution < -0.4 is 0 Å². The van der Waals surface area contributed by atoms with Crippen LogP contribution >= 0.6 is 35.6 Å². The number of amides is 2. The predicted molar refractivity (Wildman–Crippen MR) is 113 cm³/mol. The molecule has 2 aliphatic heterocycles. The average molecular weight is 439 g/mol. The van der Waals surface area contributed by atoms with E-state index in [1.165, 1.54) is 9.80 Å². The molecule has 0 spiro atoms. The number of hydrogen-bond donors (Lipinski definition) is 1. The zero-order chi connectivity index (χ0) is 20.4. The van der Waals surface area contributed by atoms with Gasteiger partial charge < -0.3 is 10.0 Å². The normalized spacial score (nSPS) is 22.6. The molecule has 0 bridgehead atoms. The number of halogens is 1. The van der Waals surface area contributed by atoms with Gasteiger partial charge in [-0.1, -0.05) is 47.7 Å². The average Bonchev–Trinajstić information content (AvgIpc) is 2.95. The monoisotopic (exact) mass is 438 g/mol. The van der Waals surface area contributed by atoms with E-state index in [1.807, 2.05) is 0 Å². The van der Waals surface area contributed by atoms with Crippen molar-refractivity contribution in [3.63, 3.8) is 0 Å². The van der Waals surface area contributed by atoms with E-state index in [9.17, 15) is 19.5 Å². The molecule has 148 valence electrons. The third kappa shape index (κ3) is 4.24. The first kappa shape index (κ1) is 20.8. The summed E-state index contributed by atoms with van der Waals surface area (Å²) in [6.07, 6.45) is 3.63. The molecule has 0 aromatic heterocycles. The van der Waals surface area contributed by atoms with Gasteiger partial charge in [0.2, 0.25) is 5.91 Å². The number of carboxylic acids is 1. The highest BCUT2D eigenvalue weighted by atomic mass is 35.5. The van der Waals surface area contributed by atoms with Crippen LogP contribution in [0.1, 0.15) is 31.7 Å². The van der Waals surface area contributed by atoms with Crippen LogP contribution in [0.15, 0.2) is 29.2 Å². The molecule has 2 amide bonds. The second-order valence-electron chi connectivity index (χ2n) is 6.66. The second kappa shape index (κ2) is 8.63. The Morgan fingerprint density at radius 3 is 2.64 bits per heavy atom. The van der Waals surface area contributed by atoms with Gasteiger partial charge in [-0.15, -0.1) is 0 Å². The van der Waals surface area contributed by atoms with Crippen LogP contribution in [0.2, 0.25) is 5.02 Å². The molecular formula is C19H19ClN2O4S2. The molecule has 2 heterocycles. The van der Waals surface area contributed by atoms with Crippen LogP contribution in [0.4, 0.5) is 0 Å². The number of likely N-dealkylation sites (tertiary alicyclic amines) is 1. The third-order valence-corrected chi connectivity index (χ3v) is 6.39. The number of thiocarbonyl (C=S) groups is 1. The number of carbonyl (C=O) groups is 3. The van der Waals surface area contributed by atoms with Crippen LogP contribution in [0, 0.1) is 0 Å². The maximum atomic E-state index is 13.0. The fourth-order valence-corrected chi connectivity index (χ4v) is 4.87. The summed E-state index contributed by atoms with van der Waals surface area (Å²) in [6.45, 7) is 1.96. The Kier molecular flexibility index (Phi) is 6.42. The molecular weight excluding hydrogens is 420 g/mol. The molecule has 28 heavy (non-hydrogen) atoms. The summed E-state index contributed by atoms with van der Waals surface area (Å²) in [7, 11) is 0. The van der Waals surface area contributed by atoms with Crippen molar-refractivity contribution in [2.24, 2.45) is 0 Å². The van der Waals surface area contributed by atoms with Gasteiger partial charge in [0.25, 0.3) is 5.91 Å². The van der Waals surface area contributed by atoms with Gasteiger partial charge in [0.05, 0.1) is 4.91 Å². The molecule has 6 nitrogen and oxygen atoms in total. The number of piperidine rings is 1. The lowest BCUT2D eigenvalue weighted by atomic mass is 10.0. The van der Waals surface area contributed by atoms with E-state index in [1.54, 1.807) is 37.3 Å². The van der Waals surface area contributed by atoms with Gasteiger partial charge in [-0.25, -0.2) is 4.79 Å². The van der Waals surface area contributed by atoms with Crippen molar-refractivity contribution in [3.8, 4) is 0 Å². The number of carbonyl (C=O) groups excluding carboxylic acids is 2. The van der Waals surface area contributed by atoms with E-state index in [0.29, 0.717) is 22.9 Å². The van der Waals surface area contributed by atoms with Gasteiger partial charge in [-0.3, -0.25) is 14.5 Å². The first-order valence-electron chi connectivity index (χ1n) is 8.85. The van der Waals surface area contributed by atoms with Crippen molar-refractivity contribution in [1.29, 1.82) is 0 Å². The Bertz CT molecular complexity index is 856. The third-order valence-electron chi connectivity index (χ3n) is 4.81. The fourth-order valence-electron chi connectivity index (χ4n) is 3.33. The predicted octanol–water partition coefficient (Wildman–Crippen LogP) is 3.40. The van der Waals surface area contributed by atoms with Crippen LogP contribution in [0.3, 0.4) is 0 Å². The second-order valence-corrected chi connectivity index (χ2v) is 8.77. The lowest BCUT2D eigenvalue weighted by Gasteiger charge is -2.36. The van der Waals surface area contributed by atoms with Gasteiger partial charge in [-0.2, -0.15) is 0 Å². The van der Waals surface area contributed by atoms with E-state index < -0.39 is 24.0 Å². The number of carboxylic acid groups (broad SMARTS) is 1. The highest BCUT2D eigenvalue weighted by Crippen LogP contribution is 2.35. The molecule has 9 heteroatoms. The summed E-state index contributed by atoms with van der Waals surface area (Å²) in [4.78, 5) is 40.4. The van der Waals surface area contributed by atoms with Crippen molar-refractivity contribution in [2.45, 2.75) is 38.3 Å². The molecule has 2 saturated heterocycles. The van der Waals surface area contributed by atoms with Crippen molar-refractivity contribution in [2.75, 3.05) is 6.54 Å². The first-order valence-corrected chi connectivity index (χ1v) is 10.5. The van der Waals surface area contributed by atoms with E-state index in [4.69, 9.17) is 23.8 Å². The maximum absolute atomic E-state index is 13.0. The molecule has 1 aromatic carbocycles. The minimum absolute atomic E-state index is 0.287. The number of hydrogen-bond acceptors (Lipinski definition) is 5. The van der Waals surface area contributed by atoms with E-state index in [2.05, 4.69) is 0 Å². The minimum Gasteiger partial charge on any atom is -0.480 e. The molecule has 1 aromatic rings. The molecule has 0 saturated carbocycles. The lowest BCUT2D eigenvalue weighted by molar-refractivity contribution is -0.154. The summed E-state index contributed by atoms with van der Waals surface area (Å²) in [5.41, 5.74) is 0.797. The number of aliphatic carboxylic acids is 1. The molecule has 2 unspecified atom stereocenters. The number of thioether (sulfide) groups is 1. The quantitative estimate of drug-likeness (QED) is 0.573. The molecule has 2 fully saturated rings. The zero-order valence-corrected chi connectivity index (χ0v) is 17.5. The highest BCUT2D eigenvalue weighted by molar-refractivity contribution is 8.26. The van der Waals surface area contributed by atoms with Crippen molar-refractivity contribution >= 4 is 63.8 Å². The summed E-state index contributed by atoms with van der Waals surface area (Å²) in [6, 6.07) is 5.31. The molecule has 2 aliphatic rings. The zero-order valence-electron chi connectivity index (χ0n) is 15.1. The van der Waals surface area contributed by atoms with E-state index >= 15 is 0 Å². The Morgan fingerprint density at radius 2 is 2.00 bits per heavy atom. The topological polar surface area (TPSA) is 77.9 Å². The van der Waals surface area contributed by atoms with Crippen molar-refractivity contribution < 1.29 is 19.5 Å². The van der Waals surface area contributed by atoms with E-state index in [-0.39, 0.29) is 10.2 Å². The van der Waals surface area contributed by atoms with Crippen LogP contribution in [0.25, 0.3) is 6.08 Å². The maximum Gasteiger partial charge on any atom is 0.326 e. The lowest BCUT2D eigenvalue weighted by Crippen LogP contribution is -2.55. The van der Waals surface area contributed by atoms with Crippen molar-refractivity contribution in [1.82, 2.24) is 9.80 Å². The Hall–Kier alpha value is -1.90. The highest BCUT2D eigenvalue weighted by Gasteiger charge is 2.42. The summed E-state index contributed by atoms with van der Waals surface area (Å²) >= 11 is 12.3. The Labute approximate surface area is 177 Å². The summed E-state index contributed by atoms with van der Waals surface area (Å²) in [5.74, 6) is -1.76. The molecule has 0 radical (unpaired) electrons. The molecule has 0 aliphatic carbocycles. The summed E-state index contributed by atoms with van der Waals surface area (Å²) in [5, 5.41) is 10.0. The van der Waals surface area contributed by atoms with Crippen LogP contribution in [-0.2, 0) is 14.4 Å². The molecule has 2 atom stereocenters. The fraction of sp³-hybridized carbons (Fsp3) is 0.368. The minimum atomic E-state index is -1.02. The number of nitrogens with zero attached hydrogens (tertiary/aromatic N) is 2.